The highest BCUT2D eigenvalue weighted by atomic mass is 32.2. The lowest BCUT2D eigenvalue weighted by Gasteiger charge is -2.27. The van der Waals surface area contributed by atoms with Crippen LogP contribution in [0.1, 0.15) is 5.56 Å². The summed E-state index contributed by atoms with van der Waals surface area (Å²) in [5.74, 6) is 0.333. The Bertz CT molecular complexity index is 1380. The Morgan fingerprint density at radius 3 is 2.27 bits per heavy atom. The van der Waals surface area contributed by atoms with Crippen LogP contribution in [0.5, 0.6) is 17.2 Å². The number of benzene rings is 2. The van der Waals surface area contributed by atoms with Gasteiger partial charge in [0.25, 0.3) is 10.0 Å². The van der Waals surface area contributed by atoms with Crippen LogP contribution >= 0.6 is 0 Å². The summed E-state index contributed by atoms with van der Waals surface area (Å²) in [7, 11) is 12.5. The molecule has 0 fully saturated rings. The van der Waals surface area contributed by atoms with E-state index in [1.165, 1.54) is 50.4 Å². The van der Waals surface area contributed by atoms with E-state index in [1.54, 1.807) is 24.4 Å². The molecular formula is C20H18B2N4O6S. The third-order valence-corrected chi connectivity index (χ3v) is 6.39. The van der Waals surface area contributed by atoms with Gasteiger partial charge in [-0.2, -0.15) is 5.10 Å². The van der Waals surface area contributed by atoms with Crippen LogP contribution in [-0.4, -0.2) is 60.4 Å². The average Bonchev–Trinajstić information content (AvgIpc) is 3.48. The second-order valence-corrected chi connectivity index (χ2v) is 8.58. The molecule has 0 saturated carbocycles. The highest BCUT2D eigenvalue weighted by Gasteiger charge is 2.30. The Hall–Kier alpha value is -3.60. The first kappa shape index (κ1) is 22.6. The molecule has 2 aromatic carbocycles. The fourth-order valence-electron chi connectivity index (χ4n) is 3.38. The van der Waals surface area contributed by atoms with Crippen LogP contribution in [0.2, 0.25) is 0 Å². The van der Waals surface area contributed by atoms with E-state index in [1.807, 2.05) is 0 Å². The van der Waals surface area contributed by atoms with Gasteiger partial charge in [0.2, 0.25) is 0 Å². The summed E-state index contributed by atoms with van der Waals surface area (Å²) >= 11 is 0. The number of aromatic nitrogens is 3. The van der Waals surface area contributed by atoms with Gasteiger partial charge in [0.1, 0.15) is 22.6 Å². The summed E-state index contributed by atoms with van der Waals surface area (Å²) in [4.78, 5) is -0.191. The van der Waals surface area contributed by atoms with Crippen molar-refractivity contribution in [2.75, 3.05) is 26.1 Å². The number of nitrogens with one attached hydrogen (secondary N) is 1. The van der Waals surface area contributed by atoms with Crippen LogP contribution in [0.25, 0.3) is 11.0 Å². The minimum Gasteiger partial charge on any atom is -0.496 e. The number of hydrogen-bond donors (Lipinski definition) is 1. The summed E-state index contributed by atoms with van der Waals surface area (Å²) in [6.45, 7) is 0. The lowest BCUT2D eigenvalue weighted by atomic mass is 9.58. The number of sulfonamides is 1. The van der Waals surface area contributed by atoms with Crippen molar-refractivity contribution in [1.82, 2.24) is 14.9 Å². The van der Waals surface area contributed by atoms with Gasteiger partial charge in [0.05, 0.1) is 37.0 Å². The second kappa shape index (κ2) is 8.39. The van der Waals surface area contributed by atoms with Crippen molar-refractivity contribution in [3.63, 3.8) is 0 Å². The summed E-state index contributed by atoms with van der Waals surface area (Å²) in [5, 5.41) is 6.71. The first-order chi connectivity index (χ1) is 15.7. The normalized spacial score (nSPS) is 12.0. The van der Waals surface area contributed by atoms with Crippen LogP contribution in [-0.2, 0) is 15.4 Å². The van der Waals surface area contributed by atoms with Gasteiger partial charge in [-0.1, -0.05) is 11.2 Å². The lowest BCUT2D eigenvalue weighted by Crippen LogP contribution is -2.36. The summed E-state index contributed by atoms with van der Waals surface area (Å²) in [5.41, 5.74) is 0.592. The summed E-state index contributed by atoms with van der Waals surface area (Å²) in [6.07, 6.45) is 3.15. The smallest absolute Gasteiger partial charge is 0.270 e. The number of fused-ring (bicyclic) bond motifs is 1. The van der Waals surface area contributed by atoms with Gasteiger partial charge in [-0.15, -0.1) is 0 Å². The minimum atomic E-state index is -4.20. The minimum absolute atomic E-state index is 0.0965. The maximum atomic E-state index is 13.2. The Morgan fingerprint density at radius 2 is 1.70 bits per heavy atom. The molecule has 0 unspecified atom stereocenters. The van der Waals surface area contributed by atoms with Gasteiger partial charge >= 0.3 is 0 Å². The number of hydrogen-bond acceptors (Lipinski definition) is 8. The monoisotopic (exact) mass is 464 g/mol. The molecular weight excluding hydrogens is 446 g/mol. The third-order valence-electron chi connectivity index (χ3n) is 4.99. The molecule has 2 heterocycles. The highest BCUT2D eigenvalue weighted by molar-refractivity contribution is 7.93. The van der Waals surface area contributed by atoms with Crippen LogP contribution in [0.4, 0.5) is 5.82 Å². The largest absolute Gasteiger partial charge is 0.496 e. The molecule has 0 saturated heterocycles. The van der Waals surface area contributed by atoms with E-state index in [9.17, 15) is 8.42 Å². The van der Waals surface area contributed by atoms with E-state index in [0.29, 0.717) is 5.56 Å². The van der Waals surface area contributed by atoms with Gasteiger partial charge in [0, 0.05) is 17.7 Å². The van der Waals surface area contributed by atoms with E-state index in [4.69, 9.17) is 34.4 Å². The molecule has 2 aromatic heterocycles. The fraction of sp³-hybridized carbons (Fsp3) is 0.200. The number of nitrogens with zero attached hydrogens (tertiary/aromatic N) is 3. The predicted octanol–water partition coefficient (Wildman–Crippen LogP) is 1.85. The molecule has 0 bridgehead atoms. The number of methoxy groups -OCH3 is 3. The van der Waals surface area contributed by atoms with Gasteiger partial charge in [-0.05, 0) is 35.9 Å². The standard InChI is InChI=1S/C20H18B2N4O6S/c1-29-13-6-4-7-14(30-2)18(13)33(27,28)25-19-17-15(31-3)10-12(11-16(17)32-24-19)20(21,22)26-9-5-8-23-26/h4-11H,1-3H3,(H,24,25). The third kappa shape index (κ3) is 3.88. The van der Waals surface area contributed by atoms with Gasteiger partial charge in [0.15, 0.2) is 16.3 Å². The second-order valence-electron chi connectivity index (χ2n) is 6.96. The molecule has 0 aliphatic rings. The van der Waals surface area contributed by atoms with Crippen LogP contribution in [0, 0.1) is 0 Å². The SMILES string of the molecule is [B]C([B])(c1cc(OC)c2c(NS(=O)(=O)c3c(OC)cccc3OC)noc2c1)n1cccn1. The molecule has 13 heteroatoms. The Morgan fingerprint density at radius 1 is 1.03 bits per heavy atom. The van der Waals surface area contributed by atoms with Crippen molar-refractivity contribution in [2.45, 2.75) is 10.2 Å². The molecule has 0 amide bonds. The topological polar surface area (TPSA) is 118 Å². The maximum Gasteiger partial charge on any atom is 0.270 e. The van der Waals surface area contributed by atoms with Crippen LogP contribution < -0.4 is 18.9 Å². The zero-order valence-corrected chi connectivity index (χ0v) is 18.8. The van der Waals surface area contributed by atoms with E-state index in [-0.39, 0.29) is 38.9 Å². The molecule has 0 aliphatic heterocycles. The van der Waals surface area contributed by atoms with Gasteiger partial charge < -0.3 is 18.7 Å². The molecule has 166 valence electrons. The van der Waals surface area contributed by atoms with E-state index >= 15 is 0 Å². The molecule has 1 N–H and O–H groups in total. The Labute approximate surface area is 192 Å². The summed E-state index contributed by atoms with van der Waals surface area (Å²) in [6, 6.07) is 9.39. The highest BCUT2D eigenvalue weighted by Crippen LogP contribution is 2.39. The van der Waals surface area contributed by atoms with Crippen molar-refractivity contribution >= 4 is 42.5 Å². The van der Waals surface area contributed by atoms with Crippen LogP contribution in [0.3, 0.4) is 0 Å². The lowest BCUT2D eigenvalue weighted by molar-refractivity contribution is 0.373. The Balaban J connectivity index is 1.81. The molecule has 4 rings (SSSR count). The molecule has 4 aromatic rings. The maximum absolute atomic E-state index is 13.2. The summed E-state index contributed by atoms with van der Waals surface area (Å²) < 4.78 is 51.5. The Kier molecular flexibility index (Phi) is 5.75. The number of anilines is 1. The number of ether oxygens (including phenoxy) is 3. The van der Waals surface area contributed by atoms with Crippen molar-refractivity contribution in [1.29, 1.82) is 0 Å². The number of rotatable bonds is 8. The van der Waals surface area contributed by atoms with Crippen molar-refractivity contribution in [3.05, 3.63) is 54.4 Å². The molecule has 0 atom stereocenters. The fourth-order valence-corrected chi connectivity index (χ4v) is 4.71. The molecule has 0 aliphatic carbocycles. The van der Waals surface area contributed by atoms with Gasteiger partial charge in [-0.25, -0.2) is 8.42 Å². The van der Waals surface area contributed by atoms with E-state index in [0.717, 1.165) is 0 Å². The molecule has 33 heavy (non-hydrogen) atoms. The quantitative estimate of drug-likeness (QED) is 0.393. The van der Waals surface area contributed by atoms with Crippen molar-refractivity contribution in [2.24, 2.45) is 0 Å². The molecule has 4 radical (unpaired) electrons. The average molecular weight is 464 g/mol. The van der Waals surface area contributed by atoms with E-state index in [2.05, 4.69) is 15.0 Å². The van der Waals surface area contributed by atoms with E-state index < -0.39 is 15.4 Å². The van der Waals surface area contributed by atoms with Crippen molar-refractivity contribution < 1.29 is 27.2 Å². The van der Waals surface area contributed by atoms with Crippen LogP contribution in [0.15, 0.2) is 58.2 Å². The first-order valence-electron chi connectivity index (χ1n) is 9.52. The zero-order valence-electron chi connectivity index (χ0n) is 18.0. The first-order valence-corrected chi connectivity index (χ1v) is 11.0. The van der Waals surface area contributed by atoms with Crippen molar-refractivity contribution in [3.8, 4) is 17.2 Å². The molecule has 0 spiro atoms. The predicted molar refractivity (Wildman–Crippen MR) is 122 cm³/mol. The molecule has 10 nitrogen and oxygen atoms in total. The zero-order chi connectivity index (χ0) is 23.8. The van der Waals surface area contributed by atoms with Gasteiger partial charge in [-0.3, -0.25) is 9.40 Å².